The van der Waals surface area contributed by atoms with Gasteiger partial charge in [-0.3, -0.25) is 19.5 Å². The highest BCUT2D eigenvalue weighted by molar-refractivity contribution is 5.97. The van der Waals surface area contributed by atoms with Crippen molar-refractivity contribution in [2.24, 2.45) is 11.3 Å². The van der Waals surface area contributed by atoms with Gasteiger partial charge in [-0.15, -0.1) is 5.10 Å². The molecule has 4 heterocycles. The van der Waals surface area contributed by atoms with Crippen LogP contribution in [0.15, 0.2) is 4.79 Å². The lowest BCUT2D eigenvalue weighted by Crippen LogP contribution is -2.42. The summed E-state index contributed by atoms with van der Waals surface area (Å²) >= 11 is 0. The zero-order valence-electron chi connectivity index (χ0n) is 19.9. The second-order valence-electron chi connectivity index (χ2n) is 10.8. The van der Waals surface area contributed by atoms with E-state index in [4.69, 9.17) is 4.74 Å². The zero-order chi connectivity index (χ0) is 24.2. The number of amides is 3. The molecule has 0 atom stereocenters. The number of carbonyl (C=O) groups excluding carboxylic acids is 2. The lowest BCUT2D eigenvalue weighted by atomic mass is 9.96. The average Bonchev–Trinajstić information content (AvgIpc) is 3.50. The monoisotopic (exact) mass is 472 g/mol. The smallest absolute Gasteiger partial charge is 0.323 e. The van der Waals surface area contributed by atoms with Crippen molar-refractivity contribution in [3.63, 3.8) is 0 Å². The minimum Gasteiger partial charge on any atom is -0.492 e. The normalized spacial score (nSPS) is 19.3. The minimum atomic E-state index is -0.604. The quantitative estimate of drug-likeness (QED) is 0.610. The summed E-state index contributed by atoms with van der Waals surface area (Å²) < 4.78 is 8.16. The van der Waals surface area contributed by atoms with Crippen LogP contribution in [0.2, 0.25) is 0 Å². The van der Waals surface area contributed by atoms with E-state index in [1.54, 1.807) is 4.90 Å². The number of carbonyl (C=O) groups is 2. The number of aromatic hydroxyl groups is 1. The van der Waals surface area contributed by atoms with Crippen LogP contribution in [0.5, 0.6) is 5.88 Å². The van der Waals surface area contributed by atoms with Crippen LogP contribution in [-0.4, -0.2) is 61.9 Å². The Hall–Kier alpha value is -3.08. The molecular formula is C23H32N6O5. The minimum absolute atomic E-state index is 0.0296. The Kier molecular flexibility index (Phi) is 5.54. The number of hydrogen-bond donors (Lipinski definition) is 3. The van der Waals surface area contributed by atoms with E-state index < -0.39 is 17.3 Å². The molecular weight excluding hydrogens is 440 g/mol. The maximum atomic E-state index is 13.6. The summed E-state index contributed by atoms with van der Waals surface area (Å²) in [6, 6.07) is -0.236. The van der Waals surface area contributed by atoms with E-state index in [-0.39, 0.29) is 29.6 Å². The van der Waals surface area contributed by atoms with Gasteiger partial charge in [0.05, 0.1) is 12.1 Å². The van der Waals surface area contributed by atoms with Crippen molar-refractivity contribution in [2.75, 3.05) is 25.1 Å². The SMILES string of the molecule is CC(C)(C)Cn1c(=O)c(C(=O)NC2CC2)c(O)n2nc3c(c12)CN(CC1CCOCC1)C(=O)N3. The van der Waals surface area contributed by atoms with Crippen molar-refractivity contribution in [1.29, 1.82) is 0 Å². The first-order valence-electron chi connectivity index (χ1n) is 11.9. The highest BCUT2D eigenvalue weighted by atomic mass is 16.5. The number of nitrogens with one attached hydrogen (secondary N) is 2. The molecule has 3 N–H and O–H groups in total. The number of rotatable bonds is 5. The van der Waals surface area contributed by atoms with Gasteiger partial charge in [0.1, 0.15) is 5.65 Å². The number of nitrogens with zero attached hydrogens (tertiary/aromatic N) is 4. The van der Waals surface area contributed by atoms with Gasteiger partial charge in [0.15, 0.2) is 11.4 Å². The van der Waals surface area contributed by atoms with Crippen LogP contribution in [0.1, 0.15) is 62.4 Å². The van der Waals surface area contributed by atoms with Crippen molar-refractivity contribution < 1.29 is 19.4 Å². The van der Waals surface area contributed by atoms with Crippen molar-refractivity contribution in [3.05, 3.63) is 21.5 Å². The summed E-state index contributed by atoms with van der Waals surface area (Å²) in [4.78, 5) is 40.9. The van der Waals surface area contributed by atoms with Gasteiger partial charge in [0, 0.05) is 32.3 Å². The molecule has 34 heavy (non-hydrogen) atoms. The van der Waals surface area contributed by atoms with Gasteiger partial charge < -0.3 is 20.1 Å². The maximum Gasteiger partial charge on any atom is 0.323 e. The lowest BCUT2D eigenvalue weighted by molar-refractivity contribution is 0.0562. The summed E-state index contributed by atoms with van der Waals surface area (Å²) in [5.74, 6) is -0.479. The summed E-state index contributed by atoms with van der Waals surface area (Å²) in [6.45, 7) is 8.51. The molecule has 184 valence electrons. The molecule has 0 bridgehead atoms. The Morgan fingerprint density at radius 3 is 2.56 bits per heavy atom. The van der Waals surface area contributed by atoms with E-state index in [2.05, 4.69) is 15.7 Å². The first kappa shape index (κ1) is 22.7. The van der Waals surface area contributed by atoms with Crippen LogP contribution in [0.25, 0.3) is 5.65 Å². The largest absolute Gasteiger partial charge is 0.492 e. The summed E-state index contributed by atoms with van der Waals surface area (Å²) in [5.41, 5.74) is -0.130. The molecule has 3 aliphatic rings. The topological polar surface area (TPSA) is 130 Å². The van der Waals surface area contributed by atoms with Gasteiger partial charge in [0.25, 0.3) is 11.5 Å². The Bertz CT molecular complexity index is 1200. The molecule has 0 radical (unpaired) electrons. The van der Waals surface area contributed by atoms with E-state index in [0.717, 1.165) is 25.7 Å². The molecule has 0 aromatic carbocycles. The second-order valence-corrected chi connectivity index (χ2v) is 10.8. The number of ether oxygens (including phenoxy) is 1. The first-order valence-corrected chi connectivity index (χ1v) is 11.9. The number of urea groups is 1. The Morgan fingerprint density at radius 2 is 1.91 bits per heavy atom. The molecule has 1 saturated carbocycles. The van der Waals surface area contributed by atoms with Gasteiger partial charge in [-0.05, 0) is 37.0 Å². The second kappa shape index (κ2) is 8.30. The summed E-state index contributed by atoms with van der Waals surface area (Å²) in [5, 5.41) is 21.0. The van der Waals surface area contributed by atoms with Crippen LogP contribution in [0.3, 0.4) is 0 Å². The van der Waals surface area contributed by atoms with E-state index in [0.29, 0.717) is 49.2 Å². The fourth-order valence-electron chi connectivity index (χ4n) is 4.68. The van der Waals surface area contributed by atoms with E-state index in [9.17, 15) is 19.5 Å². The predicted molar refractivity (Wildman–Crippen MR) is 124 cm³/mol. The van der Waals surface area contributed by atoms with Crippen molar-refractivity contribution in [2.45, 2.75) is 65.6 Å². The number of aromatic nitrogens is 3. The zero-order valence-corrected chi connectivity index (χ0v) is 19.9. The molecule has 2 aliphatic heterocycles. The third kappa shape index (κ3) is 4.24. The molecule has 0 spiro atoms. The van der Waals surface area contributed by atoms with Crippen molar-refractivity contribution in [3.8, 4) is 5.88 Å². The van der Waals surface area contributed by atoms with Crippen molar-refractivity contribution in [1.82, 2.24) is 24.4 Å². The van der Waals surface area contributed by atoms with Crippen LogP contribution < -0.4 is 16.2 Å². The van der Waals surface area contributed by atoms with Gasteiger partial charge in [-0.1, -0.05) is 20.8 Å². The number of anilines is 1. The van der Waals surface area contributed by atoms with Crippen LogP contribution in [-0.2, 0) is 17.8 Å². The Labute approximate surface area is 197 Å². The standard InChI is InChI=1S/C23H32N6O5/c1-23(2,3)12-28-19-15-11-27(10-13-6-8-34-9-7-13)22(33)25-17(15)26-29(19)21(32)16(20(28)31)18(30)24-14-4-5-14/h13-14,32H,4-12H2,1-3H3,(H,24,30)(H,25,26,33). The molecule has 2 aromatic heterocycles. The average molecular weight is 473 g/mol. The van der Waals surface area contributed by atoms with Crippen LogP contribution in [0.4, 0.5) is 10.6 Å². The van der Waals surface area contributed by atoms with Crippen LogP contribution >= 0.6 is 0 Å². The number of hydrogen-bond acceptors (Lipinski definition) is 6. The molecule has 11 heteroatoms. The van der Waals surface area contributed by atoms with Gasteiger partial charge in [0.2, 0.25) is 5.88 Å². The molecule has 0 unspecified atom stereocenters. The third-order valence-electron chi connectivity index (χ3n) is 6.55. The number of fused-ring (bicyclic) bond motifs is 3. The van der Waals surface area contributed by atoms with Gasteiger partial charge in [-0.25, -0.2) is 4.79 Å². The molecule has 1 aliphatic carbocycles. The predicted octanol–water partition coefficient (Wildman–Crippen LogP) is 1.91. The van der Waals surface area contributed by atoms with Gasteiger partial charge in [-0.2, -0.15) is 4.52 Å². The van der Waals surface area contributed by atoms with Crippen LogP contribution in [0, 0.1) is 11.3 Å². The summed E-state index contributed by atoms with van der Waals surface area (Å²) in [7, 11) is 0. The lowest BCUT2D eigenvalue weighted by Gasteiger charge is -2.32. The summed E-state index contributed by atoms with van der Waals surface area (Å²) in [6.07, 6.45) is 3.49. The highest BCUT2D eigenvalue weighted by Gasteiger charge is 2.35. The Morgan fingerprint density at radius 1 is 1.21 bits per heavy atom. The molecule has 1 saturated heterocycles. The molecule has 2 fully saturated rings. The Balaban J connectivity index is 1.60. The first-order chi connectivity index (χ1) is 16.1. The fourth-order valence-corrected chi connectivity index (χ4v) is 4.68. The molecule has 5 rings (SSSR count). The third-order valence-corrected chi connectivity index (χ3v) is 6.55. The van der Waals surface area contributed by atoms with E-state index in [1.165, 1.54) is 9.08 Å². The highest BCUT2D eigenvalue weighted by Crippen LogP contribution is 2.32. The van der Waals surface area contributed by atoms with E-state index >= 15 is 0 Å². The van der Waals surface area contributed by atoms with Crippen molar-refractivity contribution >= 4 is 23.4 Å². The van der Waals surface area contributed by atoms with E-state index in [1.807, 2.05) is 20.8 Å². The maximum absolute atomic E-state index is 13.6. The molecule has 3 amide bonds. The molecule has 11 nitrogen and oxygen atoms in total. The fraction of sp³-hybridized carbons (Fsp3) is 0.652. The molecule has 2 aromatic rings. The van der Waals surface area contributed by atoms with Gasteiger partial charge >= 0.3 is 6.03 Å².